The predicted molar refractivity (Wildman–Crippen MR) is 151 cm³/mol. The second-order valence-corrected chi connectivity index (χ2v) is 9.83. The fraction of sp³-hybridized carbons (Fsp3) is 0.333. The van der Waals surface area contributed by atoms with Gasteiger partial charge >= 0.3 is 5.97 Å². The highest BCUT2D eigenvalue weighted by Gasteiger charge is 2.20. The van der Waals surface area contributed by atoms with E-state index >= 15 is 0 Å². The summed E-state index contributed by atoms with van der Waals surface area (Å²) in [5.74, 6) is -1.24. The molecule has 0 spiro atoms. The highest BCUT2D eigenvalue weighted by molar-refractivity contribution is 6.00. The Hall–Kier alpha value is -4.40. The molecular weight excluding hydrogens is 494 g/mol. The average Bonchev–Trinajstić information content (AvgIpc) is 3.52. The molecule has 2 aromatic heterocycles. The number of benzene rings is 2. The number of nitrogens with zero attached hydrogens (tertiary/aromatic N) is 3. The largest absolute Gasteiger partial charge is 0.481 e. The summed E-state index contributed by atoms with van der Waals surface area (Å²) in [6.07, 6.45) is 7.74. The number of carbonyl (C=O) groups excluding carboxylic acids is 2. The molecule has 0 aliphatic rings. The summed E-state index contributed by atoms with van der Waals surface area (Å²) in [6.45, 7) is 6.44. The van der Waals surface area contributed by atoms with Gasteiger partial charge in [-0.3, -0.25) is 19.1 Å². The van der Waals surface area contributed by atoms with Crippen LogP contribution in [0.3, 0.4) is 0 Å². The van der Waals surface area contributed by atoms with E-state index in [1.807, 2.05) is 66.0 Å². The van der Waals surface area contributed by atoms with Crippen molar-refractivity contribution in [3.63, 3.8) is 0 Å². The van der Waals surface area contributed by atoms with Crippen molar-refractivity contribution in [2.24, 2.45) is 0 Å². The maximum atomic E-state index is 13.6. The fourth-order valence-corrected chi connectivity index (χ4v) is 4.74. The third-order valence-electron chi connectivity index (χ3n) is 7.03. The zero-order valence-electron chi connectivity index (χ0n) is 22.8. The standard InChI is InChI=1S/C30H35N5O4/c1-5-21-15-32-34(17-21)18-22-9-10-23(7-6-8-28(36)37)26(13-22)33-29(38)20(3)35-16-19(2)25-12-11-24(14-27(25)35)30(39)31-4/h9-17,20H,5-8,18H2,1-4H3,(H,31,39)(H,33,38)(H,36,37). The molecule has 3 N–H and O–H groups in total. The second kappa shape index (κ2) is 12.0. The summed E-state index contributed by atoms with van der Waals surface area (Å²) in [4.78, 5) is 36.9. The molecule has 0 aliphatic carbocycles. The van der Waals surface area contributed by atoms with Crippen molar-refractivity contribution in [1.29, 1.82) is 0 Å². The zero-order chi connectivity index (χ0) is 28.1. The molecule has 2 heterocycles. The lowest BCUT2D eigenvalue weighted by atomic mass is 10.0. The van der Waals surface area contributed by atoms with Gasteiger partial charge in [0.1, 0.15) is 6.04 Å². The van der Waals surface area contributed by atoms with Gasteiger partial charge in [-0.05, 0) is 73.6 Å². The number of aliphatic carboxylic acids is 1. The Morgan fingerprint density at radius 2 is 1.87 bits per heavy atom. The summed E-state index contributed by atoms with van der Waals surface area (Å²) in [6, 6.07) is 10.8. The number of carboxylic acids is 1. The van der Waals surface area contributed by atoms with Crippen LogP contribution in [0.15, 0.2) is 55.0 Å². The van der Waals surface area contributed by atoms with Gasteiger partial charge in [-0.15, -0.1) is 0 Å². The smallest absolute Gasteiger partial charge is 0.303 e. The van der Waals surface area contributed by atoms with Gasteiger partial charge in [0, 0.05) is 48.0 Å². The van der Waals surface area contributed by atoms with E-state index in [-0.39, 0.29) is 18.2 Å². The molecule has 2 amide bonds. The van der Waals surface area contributed by atoms with E-state index in [4.69, 9.17) is 5.11 Å². The molecule has 0 saturated heterocycles. The van der Waals surface area contributed by atoms with Crippen LogP contribution in [-0.4, -0.2) is 44.3 Å². The first-order valence-corrected chi connectivity index (χ1v) is 13.2. The molecule has 0 saturated carbocycles. The summed E-state index contributed by atoms with van der Waals surface area (Å²) >= 11 is 0. The van der Waals surface area contributed by atoms with E-state index in [1.165, 1.54) is 0 Å². The van der Waals surface area contributed by atoms with Crippen LogP contribution in [0.4, 0.5) is 5.69 Å². The first-order chi connectivity index (χ1) is 18.7. The number of carbonyl (C=O) groups is 3. The topological polar surface area (TPSA) is 118 Å². The number of nitrogens with one attached hydrogen (secondary N) is 2. The third-order valence-corrected chi connectivity index (χ3v) is 7.03. The Balaban J connectivity index is 1.62. The van der Waals surface area contributed by atoms with Crippen molar-refractivity contribution in [2.45, 2.75) is 59.0 Å². The number of aryl methyl sites for hydroxylation is 3. The Morgan fingerprint density at radius 1 is 1.08 bits per heavy atom. The lowest BCUT2D eigenvalue weighted by molar-refractivity contribution is -0.137. The molecule has 0 aliphatic heterocycles. The predicted octanol–water partition coefficient (Wildman–Crippen LogP) is 4.72. The number of hydrogen-bond acceptors (Lipinski definition) is 4. The van der Waals surface area contributed by atoms with Crippen LogP contribution in [0.5, 0.6) is 0 Å². The van der Waals surface area contributed by atoms with Crippen LogP contribution in [0.25, 0.3) is 10.9 Å². The molecule has 4 aromatic rings. The molecule has 2 aromatic carbocycles. The maximum absolute atomic E-state index is 13.6. The molecule has 9 nitrogen and oxygen atoms in total. The van der Waals surface area contributed by atoms with Gasteiger partial charge in [0.25, 0.3) is 5.91 Å². The molecule has 204 valence electrons. The second-order valence-electron chi connectivity index (χ2n) is 9.83. The normalized spacial score (nSPS) is 11.9. The molecular formula is C30H35N5O4. The number of hydrogen-bond donors (Lipinski definition) is 3. The van der Waals surface area contributed by atoms with Crippen LogP contribution in [0, 0.1) is 6.92 Å². The van der Waals surface area contributed by atoms with Crippen LogP contribution in [-0.2, 0) is 29.0 Å². The van der Waals surface area contributed by atoms with Gasteiger partial charge in [-0.25, -0.2) is 0 Å². The number of carboxylic acid groups (broad SMARTS) is 1. The van der Waals surface area contributed by atoms with Crippen LogP contribution < -0.4 is 10.6 Å². The molecule has 39 heavy (non-hydrogen) atoms. The zero-order valence-corrected chi connectivity index (χ0v) is 22.8. The van der Waals surface area contributed by atoms with Gasteiger partial charge in [0.05, 0.1) is 12.7 Å². The van der Waals surface area contributed by atoms with E-state index in [1.54, 1.807) is 19.2 Å². The van der Waals surface area contributed by atoms with Crippen LogP contribution >= 0.6 is 0 Å². The fourth-order valence-electron chi connectivity index (χ4n) is 4.74. The summed E-state index contributed by atoms with van der Waals surface area (Å²) in [7, 11) is 1.59. The summed E-state index contributed by atoms with van der Waals surface area (Å²) < 4.78 is 3.75. The van der Waals surface area contributed by atoms with Crippen molar-refractivity contribution < 1.29 is 19.5 Å². The Bertz CT molecular complexity index is 1520. The summed E-state index contributed by atoms with van der Waals surface area (Å²) in [5, 5.41) is 20.2. The Labute approximate surface area is 227 Å². The lowest BCUT2D eigenvalue weighted by Gasteiger charge is -2.18. The van der Waals surface area contributed by atoms with Gasteiger partial charge < -0.3 is 20.3 Å². The van der Waals surface area contributed by atoms with Crippen molar-refractivity contribution in [1.82, 2.24) is 19.7 Å². The molecule has 1 atom stereocenters. The molecule has 9 heteroatoms. The lowest BCUT2D eigenvalue weighted by Crippen LogP contribution is -2.24. The third kappa shape index (κ3) is 6.37. The first-order valence-electron chi connectivity index (χ1n) is 13.2. The van der Waals surface area contributed by atoms with E-state index in [0.717, 1.165) is 39.6 Å². The highest BCUT2D eigenvalue weighted by Crippen LogP contribution is 2.27. The van der Waals surface area contributed by atoms with Gasteiger partial charge in [-0.2, -0.15) is 5.10 Å². The van der Waals surface area contributed by atoms with Crippen LogP contribution in [0.1, 0.15) is 65.3 Å². The van der Waals surface area contributed by atoms with E-state index in [2.05, 4.69) is 22.7 Å². The minimum atomic E-state index is -0.845. The molecule has 0 radical (unpaired) electrons. The SMILES string of the molecule is CCc1cnn(Cc2ccc(CCCC(=O)O)c(NC(=O)C(C)n3cc(C)c4ccc(C(=O)NC)cc43)c2)c1. The minimum absolute atomic E-state index is 0.0565. The average molecular weight is 530 g/mol. The summed E-state index contributed by atoms with van der Waals surface area (Å²) in [5.41, 5.74) is 6.00. The quantitative estimate of drug-likeness (QED) is 0.260. The number of rotatable bonds is 11. The van der Waals surface area contributed by atoms with Crippen LogP contribution in [0.2, 0.25) is 0 Å². The van der Waals surface area contributed by atoms with Gasteiger partial charge in [0.2, 0.25) is 5.91 Å². The molecule has 0 bridgehead atoms. The van der Waals surface area contributed by atoms with E-state index in [0.29, 0.717) is 30.6 Å². The first kappa shape index (κ1) is 27.6. The molecule has 1 unspecified atom stereocenters. The number of fused-ring (bicyclic) bond motifs is 1. The van der Waals surface area contributed by atoms with E-state index < -0.39 is 12.0 Å². The van der Waals surface area contributed by atoms with E-state index in [9.17, 15) is 14.4 Å². The number of amides is 2. The van der Waals surface area contributed by atoms with Gasteiger partial charge in [0.15, 0.2) is 0 Å². The minimum Gasteiger partial charge on any atom is -0.481 e. The molecule has 0 fully saturated rings. The Morgan fingerprint density at radius 3 is 2.56 bits per heavy atom. The Kier molecular flexibility index (Phi) is 8.49. The molecule has 4 rings (SSSR count). The van der Waals surface area contributed by atoms with Crippen molar-refractivity contribution in [2.75, 3.05) is 12.4 Å². The monoisotopic (exact) mass is 529 g/mol. The maximum Gasteiger partial charge on any atom is 0.303 e. The van der Waals surface area contributed by atoms with Crippen molar-refractivity contribution in [3.05, 3.63) is 82.8 Å². The van der Waals surface area contributed by atoms with Crippen molar-refractivity contribution in [3.8, 4) is 0 Å². The number of anilines is 1. The number of aromatic nitrogens is 3. The van der Waals surface area contributed by atoms with Gasteiger partial charge in [-0.1, -0.05) is 25.1 Å². The van der Waals surface area contributed by atoms with Crippen molar-refractivity contribution >= 4 is 34.4 Å². The highest BCUT2D eigenvalue weighted by atomic mass is 16.4.